The van der Waals surface area contributed by atoms with Gasteiger partial charge in [0, 0.05) is 18.3 Å². The van der Waals surface area contributed by atoms with Gasteiger partial charge in [-0.3, -0.25) is 0 Å². The lowest BCUT2D eigenvalue weighted by atomic mass is 9.90. The Hall–Kier alpha value is -1.09. The Bertz CT molecular complexity index is 334. The molecule has 0 atom stereocenters. The molecule has 1 aromatic rings. The van der Waals surface area contributed by atoms with Crippen molar-refractivity contribution in [2.24, 2.45) is 5.73 Å². The normalized spacial score (nSPS) is 23.9. The molecule has 1 fully saturated rings. The van der Waals surface area contributed by atoms with Gasteiger partial charge in [0.25, 0.3) is 0 Å². The van der Waals surface area contributed by atoms with Gasteiger partial charge in [-0.05, 0) is 37.3 Å². The zero-order valence-electron chi connectivity index (χ0n) is 9.86. The molecule has 0 aliphatic heterocycles. The van der Waals surface area contributed by atoms with E-state index in [-0.39, 0.29) is 6.10 Å². The molecule has 0 saturated heterocycles. The van der Waals surface area contributed by atoms with E-state index in [4.69, 9.17) is 10.5 Å². The number of aromatic nitrogens is 1. The SMILES string of the molecule is CCCCc1ccnc(O[C@H]2C[C@@H](N)C2)c1. The second-order valence-corrected chi connectivity index (χ2v) is 4.58. The molecule has 1 aromatic heterocycles. The third-order valence-electron chi connectivity index (χ3n) is 3.04. The molecule has 1 aliphatic rings. The van der Waals surface area contributed by atoms with Gasteiger partial charge in [0.15, 0.2) is 0 Å². The first kappa shape index (κ1) is 11.4. The van der Waals surface area contributed by atoms with E-state index >= 15 is 0 Å². The summed E-state index contributed by atoms with van der Waals surface area (Å²) in [5, 5.41) is 0. The fourth-order valence-corrected chi connectivity index (χ4v) is 1.92. The third-order valence-corrected chi connectivity index (χ3v) is 3.04. The molecule has 0 spiro atoms. The maximum Gasteiger partial charge on any atom is 0.213 e. The van der Waals surface area contributed by atoms with Gasteiger partial charge in [0.05, 0.1) is 0 Å². The van der Waals surface area contributed by atoms with Crippen LogP contribution in [0.25, 0.3) is 0 Å². The molecule has 0 bridgehead atoms. The highest BCUT2D eigenvalue weighted by Crippen LogP contribution is 2.23. The van der Waals surface area contributed by atoms with Crippen LogP contribution >= 0.6 is 0 Å². The lowest BCUT2D eigenvalue weighted by Crippen LogP contribution is -2.43. The maximum absolute atomic E-state index is 5.75. The highest BCUT2D eigenvalue weighted by atomic mass is 16.5. The number of ether oxygens (including phenoxy) is 1. The monoisotopic (exact) mass is 220 g/mol. The van der Waals surface area contributed by atoms with Crippen molar-refractivity contribution in [3.63, 3.8) is 0 Å². The van der Waals surface area contributed by atoms with Crippen molar-refractivity contribution < 1.29 is 4.74 Å². The van der Waals surface area contributed by atoms with Crippen LogP contribution in [0.15, 0.2) is 18.3 Å². The summed E-state index contributed by atoms with van der Waals surface area (Å²) in [6.07, 6.45) is 7.58. The molecule has 16 heavy (non-hydrogen) atoms. The van der Waals surface area contributed by atoms with Crippen molar-refractivity contribution in [1.82, 2.24) is 4.98 Å². The minimum Gasteiger partial charge on any atom is -0.474 e. The minimum atomic E-state index is 0.281. The number of aryl methyl sites for hydroxylation is 1. The highest BCUT2D eigenvalue weighted by Gasteiger charge is 2.27. The summed E-state index contributed by atoms with van der Waals surface area (Å²) in [5.41, 5.74) is 7.03. The summed E-state index contributed by atoms with van der Waals surface area (Å²) >= 11 is 0. The van der Waals surface area contributed by atoms with Crippen LogP contribution in [-0.4, -0.2) is 17.1 Å². The number of rotatable bonds is 5. The Balaban J connectivity index is 1.88. The number of nitrogens with zero attached hydrogens (tertiary/aromatic N) is 1. The molecular weight excluding hydrogens is 200 g/mol. The Morgan fingerprint density at radius 1 is 1.50 bits per heavy atom. The highest BCUT2D eigenvalue weighted by molar-refractivity contribution is 5.21. The van der Waals surface area contributed by atoms with Gasteiger partial charge in [0.2, 0.25) is 5.88 Å². The predicted octanol–water partition coefficient (Wildman–Crippen LogP) is 2.29. The molecule has 0 aromatic carbocycles. The van der Waals surface area contributed by atoms with Gasteiger partial charge >= 0.3 is 0 Å². The summed E-state index contributed by atoms with van der Waals surface area (Å²) in [6.45, 7) is 2.20. The van der Waals surface area contributed by atoms with Gasteiger partial charge in [-0.25, -0.2) is 4.98 Å². The molecule has 2 rings (SSSR count). The molecule has 0 unspecified atom stereocenters. The minimum absolute atomic E-state index is 0.281. The zero-order chi connectivity index (χ0) is 11.4. The molecule has 0 amide bonds. The number of pyridine rings is 1. The molecule has 0 radical (unpaired) electrons. The number of nitrogens with two attached hydrogens (primary N) is 1. The predicted molar refractivity (Wildman–Crippen MR) is 64.5 cm³/mol. The van der Waals surface area contributed by atoms with Gasteiger partial charge in [-0.15, -0.1) is 0 Å². The largest absolute Gasteiger partial charge is 0.474 e. The Morgan fingerprint density at radius 3 is 3.00 bits per heavy atom. The molecule has 1 aliphatic carbocycles. The molecule has 3 nitrogen and oxygen atoms in total. The fraction of sp³-hybridized carbons (Fsp3) is 0.615. The van der Waals surface area contributed by atoms with E-state index in [1.54, 1.807) is 0 Å². The molecule has 1 heterocycles. The second kappa shape index (κ2) is 5.30. The van der Waals surface area contributed by atoms with Crippen LogP contribution < -0.4 is 10.5 Å². The summed E-state index contributed by atoms with van der Waals surface area (Å²) in [7, 11) is 0. The first-order valence-corrected chi connectivity index (χ1v) is 6.15. The Labute approximate surface area is 97.0 Å². The van der Waals surface area contributed by atoms with Crippen LogP contribution in [0.1, 0.15) is 38.2 Å². The lowest BCUT2D eigenvalue weighted by molar-refractivity contribution is 0.0957. The van der Waals surface area contributed by atoms with Crippen molar-refractivity contribution in [3.05, 3.63) is 23.9 Å². The van der Waals surface area contributed by atoms with Gasteiger partial charge in [-0.1, -0.05) is 13.3 Å². The quantitative estimate of drug-likeness (QED) is 0.828. The number of unbranched alkanes of at least 4 members (excludes halogenated alkanes) is 1. The molecule has 1 saturated carbocycles. The van der Waals surface area contributed by atoms with Crippen LogP contribution in [0.3, 0.4) is 0 Å². The fourth-order valence-electron chi connectivity index (χ4n) is 1.92. The van der Waals surface area contributed by atoms with Gasteiger partial charge < -0.3 is 10.5 Å². The summed E-state index contributed by atoms with van der Waals surface area (Å²) in [4.78, 5) is 4.23. The molecular formula is C13H20N2O. The van der Waals surface area contributed by atoms with Crippen molar-refractivity contribution >= 4 is 0 Å². The van der Waals surface area contributed by atoms with E-state index in [0.717, 1.165) is 25.1 Å². The summed E-state index contributed by atoms with van der Waals surface area (Å²) in [6, 6.07) is 4.45. The summed E-state index contributed by atoms with van der Waals surface area (Å²) in [5.74, 6) is 0.755. The average Bonchev–Trinajstić information content (AvgIpc) is 2.25. The van der Waals surface area contributed by atoms with Crippen LogP contribution in [0, 0.1) is 0 Å². The topological polar surface area (TPSA) is 48.1 Å². The van der Waals surface area contributed by atoms with E-state index in [0.29, 0.717) is 6.04 Å². The van der Waals surface area contributed by atoms with Crippen LogP contribution in [0.4, 0.5) is 0 Å². The average molecular weight is 220 g/mol. The smallest absolute Gasteiger partial charge is 0.213 e. The zero-order valence-corrected chi connectivity index (χ0v) is 9.86. The lowest BCUT2D eigenvalue weighted by Gasteiger charge is -2.32. The van der Waals surface area contributed by atoms with Crippen molar-refractivity contribution in [3.8, 4) is 5.88 Å². The molecule has 2 N–H and O–H groups in total. The standard InChI is InChI=1S/C13H20N2O/c1-2-3-4-10-5-6-15-13(7-10)16-12-8-11(14)9-12/h5-7,11-12H,2-4,8-9,14H2,1H3/t11-,12+. The second-order valence-electron chi connectivity index (χ2n) is 4.58. The third kappa shape index (κ3) is 2.95. The van der Waals surface area contributed by atoms with Crippen LogP contribution in [0.2, 0.25) is 0 Å². The summed E-state index contributed by atoms with van der Waals surface area (Å²) < 4.78 is 5.75. The molecule has 88 valence electrons. The first-order valence-electron chi connectivity index (χ1n) is 6.15. The number of hydrogen-bond acceptors (Lipinski definition) is 3. The Morgan fingerprint density at radius 2 is 2.31 bits per heavy atom. The Kier molecular flexibility index (Phi) is 3.78. The van der Waals surface area contributed by atoms with E-state index in [1.807, 2.05) is 6.20 Å². The van der Waals surface area contributed by atoms with Crippen LogP contribution in [0.5, 0.6) is 5.88 Å². The maximum atomic E-state index is 5.75. The van der Waals surface area contributed by atoms with Crippen LogP contribution in [-0.2, 0) is 6.42 Å². The first-order chi connectivity index (χ1) is 7.78. The number of hydrogen-bond donors (Lipinski definition) is 1. The van der Waals surface area contributed by atoms with Crippen molar-refractivity contribution in [2.75, 3.05) is 0 Å². The van der Waals surface area contributed by atoms with E-state index in [9.17, 15) is 0 Å². The van der Waals surface area contributed by atoms with Gasteiger partial charge in [0.1, 0.15) is 6.10 Å². The van der Waals surface area contributed by atoms with Crippen molar-refractivity contribution in [1.29, 1.82) is 0 Å². The van der Waals surface area contributed by atoms with E-state index in [1.165, 1.54) is 18.4 Å². The van der Waals surface area contributed by atoms with Gasteiger partial charge in [-0.2, -0.15) is 0 Å². The van der Waals surface area contributed by atoms with E-state index < -0.39 is 0 Å². The van der Waals surface area contributed by atoms with Crippen molar-refractivity contribution in [2.45, 2.75) is 51.2 Å². The van der Waals surface area contributed by atoms with E-state index in [2.05, 4.69) is 24.0 Å². The molecule has 3 heteroatoms.